The lowest BCUT2D eigenvalue weighted by atomic mass is 9.99. The Morgan fingerprint density at radius 1 is 0.875 bits per heavy atom. The Morgan fingerprint density at radius 3 is 1.91 bits per heavy atom. The Bertz CT molecular complexity index is 955. The fourth-order valence-electron chi connectivity index (χ4n) is 3.86. The van der Waals surface area contributed by atoms with Gasteiger partial charge in [-0.3, -0.25) is 4.79 Å². The molecule has 0 radical (unpaired) electrons. The van der Waals surface area contributed by atoms with Crippen LogP contribution in [0.5, 0.6) is 0 Å². The van der Waals surface area contributed by atoms with Gasteiger partial charge in [0.05, 0.1) is 16.8 Å². The fraction of sp³-hybridized carbons (Fsp3) is 0.462. The first kappa shape index (κ1) is 24.7. The molecule has 0 spiro atoms. The zero-order valence-electron chi connectivity index (χ0n) is 19.1. The quantitative estimate of drug-likeness (QED) is 0.356. The van der Waals surface area contributed by atoms with Gasteiger partial charge in [-0.1, -0.05) is 64.5 Å². The number of nitriles is 3. The molecule has 0 unspecified atom stereocenters. The van der Waals surface area contributed by atoms with Crippen LogP contribution in [0.15, 0.2) is 41.1 Å². The van der Waals surface area contributed by atoms with Crippen molar-refractivity contribution in [2.24, 2.45) is 0 Å². The van der Waals surface area contributed by atoms with Crippen LogP contribution in [0.4, 0.5) is 5.69 Å². The van der Waals surface area contributed by atoms with Gasteiger partial charge in [0.1, 0.15) is 18.2 Å². The van der Waals surface area contributed by atoms with E-state index in [0.717, 1.165) is 31.6 Å². The van der Waals surface area contributed by atoms with Gasteiger partial charge >= 0.3 is 0 Å². The molecule has 1 heterocycles. The summed E-state index contributed by atoms with van der Waals surface area (Å²) in [6.45, 7) is 6.42. The van der Waals surface area contributed by atoms with Crippen molar-refractivity contribution in [3.8, 4) is 18.2 Å². The smallest absolute Gasteiger partial charge is 0.257 e. The van der Waals surface area contributed by atoms with Crippen molar-refractivity contribution in [2.75, 3.05) is 18.0 Å². The average Bonchev–Trinajstić information content (AvgIpc) is 3.15. The van der Waals surface area contributed by atoms with Gasteiger partial charge in [-0.25, -0.2) is 0 Å². The molecule has 1 amide bonds. The molecule has 6 heteroatoms. The van der Waals surface area contributed by atoms with E-state index in [4.69, 9.17) is 10.5 Å². The molecule has 2 rings (SSSR count). The summed E-state index contributed by atoms with van der Waals surface area (Å²) < 4.78 is 0. The van der Waals surface area contributed by atoms with E-state index in [0.29, 0.717) is 5.56 Å². The van der Waals surface area contributed by atoms with Crippen molar-refractivity contribution < 1.29 is 4.79 Å². The van der Waals surface area contributed by atoms with Crippen LogP contribution < -0.4 is 10.2 Å². The minimum Gasteiger partial charge on any atom is -0.372 e. The van der Waals surface area contributed by atoms with E-state index < -0.39 is 5.91 Å². The lowest BCUT2D eigenvalue weighted by Gasteiger charge is -2.25. The predicted octanol–water partition coefficient (Wildman–Crippen LogP) is 5.36. The van der Waals surface area contributed by atoms with E-state index in [1.165, 1.54) is 38.5 Å². The summed E-state index contributed by atoms with van der Waals surface area (Å²) in [5.74, 6) is -0.469. The van der Waals surface area contributed by atoms with Gasteiger partial charge in [-0.2, -0.15) is 15.8 Å². The third-order valence-electron chi connectivity index (χ3n) is 5.64. The maximum Gasteiger partial charge on any atom is 0.257 e. The number of nitrogens with zero attached hydrogens (tertiary/aromatic N) is 4. The molecule has 1 aliphatic heterocycles. The molecule has 0 saturated carbocycles. The second kappa shape index (κ2) is 13.0. The first-order valence-electron chi connectivity index (χ1n) is 11.5. The second-order valence-electron chi connectivity index (χ2n) is 7.94. The van der Waals surface area contributed by atoms with Crippen LogP contribution in [-0.2, 0) is 4.79 Å². The van der Waals surface area contributed by atoms with Gasteiger partial charge < -0.3 is 10.2 Å². The summed E-state index contributed by atoms with van der Waals surface area (Å²) in [7, 11) is 0. The van der Waals surface area contributed by atoms with Crippen molar-refractivity contribution in [3.05, 3.63) is 46.7 Å². The summed E-state index contributed by atoms with van der Waals surface area (Å²) >= 11 is 0. The van der Waals surface area contributed by atoms with Gasteiger partial charge in [0, 0.05) is 18.8 Å². The van der Waals surface area contributed by atoms with Gasteiger partial charge in [0.15, 0.2) is 5.57 Å². The average molecular weight is 430 g/mol. The van der Waals surface area contributed by atoms with E-state index in [1.807, 2.05) is 30.3 Å². The highest BCUT2D eigenvalue weighted by Gasteiger charge is 2.31. The largest absolute Gasteiger partial charge is 0.372 e. The number of carbonyl (C=O) groups excluding carboxylic acids is 1. The minimum atomic E-state index is -0.469. The number of unbranched alkanes of at least 4 members (excludes halogenated alkanes) is 6. The first-order valence-corrected chi connectivity index (χ1v) is 11.5. The molecule has 1 N–H and O–H groups in total. The Balaban J connectivity index is 2.28. The molecule has 1 aliphatic rings. The van der Waals surface area contributed by atoms with E-state index in [9.17, 15) is 10.1 Å². The number of amides is 1. The van der Waals surface area contributed by atoms with Crippen LogP contribution in [0, 0.1) is 34.0 Å². The normalized spacial score (nSPS) is 12.7. The van der Waals surface area contributed by atoms with Crippen LogP contribution in [-0.4, -0.2) is 19.0 Å². The minimum absolute atomic E-state index is 0.00458. The van der Waals surface area contributed by atoms with Crippen molar-refractivity contribution in [2.45, 2.75) is 65.2 Å². The molecular weight excluding hydrogens is 398 g/mol. The number of benzene rings is 1. The van der Waals surface area contributed by atoms with Crippen molar-refractivity contribution in [1.82, 2.24) is 5.32 Å². The standard InChI is InChI=1S/C26H31N5O/c1-3-5-7-9-15-31(16-10-8-6-4-2)22-13-11-20(12-14-22)24-23(19-29)25(30-26(24)32)21(17-27)18-28/h11-14H,3-10,15-16H2,1-2H3,(H,30,32). The molecular formula is C26H31N5O. The van der Waals surface area contributed by atoms with Gasteiger partial charge in [-0.15, -0.1) is 0 Å². The number of anilines is 1. The topological polar surface area (TPSA) is 104 Å². The first-order chi connectivity index (χ1) is 15.6. The van der Waals surface area contributed by atoms with E-state index in [1.54, 1.807) is 12.1 Å². The van der Waals surface area contributed by atoms with Crippen LogP contribution in [0.3, 0.4) is 0 Å². The van der Waals surface area contributed by atoms with Crippen LogP contribution in [0.25, 0.3) is 5.57 Å². The molecule has 32 heavy (non-hydrogen) atoms. The number of rotatable bonds is 12. The molecule has 0 saturated heterocycles. The number of hydrogen-bond acceptors (Lipinski definition) is 5. The predicted molar refractivity (Wildman–Crippen MR) is 126 cm³/mol. The molecule has 166 valence electrons. The van der Waals surface area contributed by atoms with Gasteiger partial charge in [0.25, 0.3) is 5.91 Å². The summed E-state index contributed by atoms with van der Waals surface area (Å²) in [4.78, 5) is 14.9. The second-order valence-corrected chi connectivity index (χ2v) is 7.94. The SMILES string of the molecule is CCCCCCN(CCCCCC)c1ccc(C2=C(C#N)C(=C(C#N)C#N)NC2=O)cc1. The molecule has 0 atom stereocenters. The van der Waals surface area contributed by atoms with Crippen molar-refractivity contribution >= 4 is 17.2 Å². The zero-order valence-corrected chi connectivity index (χ0v) is 19.1. The van der Waals surface area contributed by atoms with Crippen molar-refractivity contribution in [1.29, 1.82) is 15.8 Å². The highest BCUT2D eigenvalue weighted by Crippen LogP contribution is 2.31. The van der Waals surface area contributed by atoms with Gasteiger partial charge in [0.2, 0.25) is 0 Å². The lowest BCUT2D eigenvalue weighted by molar-refractivity contribution is -0.114. The zero-order chi connectivity index (χ0) is 23.3. The number of allylic oxidation sites excluding steroid dienone is 2. The Morgan fingerprint density at radius 2 is 1.44 bits per heavy atom. The summed E-state index contributed by atoms with van der Waals surface area (Å²) in [5.41, 5.74) is 1.67. The monoisotopic (exact) mass is 429 g/mol. The summed E-state index contributed by atoms with van der Waals surface area (Å²) in [6, 6.07) is 13.1. The molecule has 1 aromatic carbocycles. The molecule has 0 bridgehead atoms. The third kappa shape index (κ3) is 6.22. The van der Waals surface area contributed by atoms with Gasteiger partial charge in [-0.05, 0) is 30.5 Å². The van der Waals surface area contributed by atoms with Crippen LogP contribution >= 0.6 is 0 Å². The molecule has 0 aromatic heterocycles. The number of nitrogens with one attached hydrogen (secondary N) is 1. The Kier molecular flexibility index (Phi) is 10.0. The highest BCUT2D eigenvalue weighted by molar-refractivity contribution is 6.26. The van der Waals surface area contributed by atoms with Crippen LogP contribution in [0.1, 0.15) is 70.8 Å². The number of carbonyl (C=O) groups is 1. The molecule has 6 nitrogen and oxygen atoms in total. The summed E-state index contributed by atoms with van der Waals surface area (Å²) in [5, 5.41) is 30.4. The maximum absolute atomic E-state index is 12.5. The van der Waals surface area contributed by atoms with E-state index in [2.05, 4.69) is 24.1 Å². The summed E-state index contributed by atoms with van der Waals surface area (Å²) in [6.07, 6.45) is 9.63. The Hall–Kier alpha value is -3.56. The molecule has 1 aromatic rings. The highest BCUT2D eigenvalue weighted by atomic mass is 16.2. The lowest BCUT2D eigenvalue weighted by Crippen LogP contribution is -2.25. The van der Waals surface area contributed by atoms with E-state index in [-0.39, 0.29) is 22.4 Å². The Labute approximate surface area is 191 Å². The van der Waals surface area contributed by atoms with Crippen molar-refractivity contribution in [3.63, 3.8) is 0 Å². The third-order valence-corrected chi connectivity index (χ3v) is 5.64. The molecule has 0 fully saturated rings. The van der Waals surface area contributed by atoms with Crippen LogP contribution in [0.2, 0.25) is 0 Å². The molecule has 0 aliphatic carbocycles. The maximum atomic E-state index is 12.5. The fourth-order valence-corrected chi connectivity index (χ4v) is 3.86. The van der Waals surface area contributed by atoms with E-state index >= 15 is 0 Å². The number of hydrogen-bond donors (Lipinski definition) is 1.